The molecule has 2 aromatic carbocycles. The number of aromatic nitrogens is 3. The zero-order valence-corrected chi connectivity index (χ0v) is 23.5. The Hall–Kier alpha value is -3.39. The van der Waals surface area contributed by atoms with Gasteiger partial charge in [0, 0.05) is 17.7 Å². The Balaban J connectivity index is 0.000000583. The molecule has 0 bridgehead atoms. The minimum atomic E-state index is -0.668. The van der Waals surface area contributed by atoms with Gasteiger partial charge in [0.1, 0.15) is 18.1 Å². The van der Waals surface area contributed by atoms with E-state index in [4.69, 9.17) is 9.73 Å². The number of amides is 1. The molecule has 2 heterocycles. The number of nitrogens with zero attached hydrogens (tertiary/aromatic N) is 4. The van der Waals surface area contributed by atoms with Crippen molar-refractivity contribution in [2.75, 3.05) is 32.4 Å². The molecule has 194 valence electrons. The lowest BCUT2D eigenvalue weighted by Crippen LogP contribution is -2.08. The van der Waals surface area contributed by atoms with Crippen molar-refractivity contribution in [2.24, 2.45) is 4.99 Å². The molecule has 0 saturated carbocycles. The monoisotopic (exact) mass is 509 g/mol. The molecule has 1 N–H and O–H groups in total. The van der Waals surface area contributed by atoms with Gasteiger partial charge in [-0.15, -0.1) is 10.2 Å². The molecule has 0 spiro atoms. The number of methoxy groups -OCH3 is 1. The number of fused-ring (bicyclic) bond motifs is 3. The number of benzene rings is 2. The molecular formula is C28H39N5O2S. The summed E-state index contributed by atoms with van der Waals surface area (Å²) in [6, 6.07) is 14.6. The third-order valence-electron chi connectivity index (χ3n) is 5.11. The van der Waals surface area contributed by atoms with Crippen LogP contribution in [0.4, 0.5) is 0 Å². The summed E-state index contributed by atoms with van der Waals surface area (Å²) in [7, 11) is 1.02. The first-order chi connectivity index (χ1) is 17.3. The highest BCUT2D eigenvalue weighted by molar-refractivity contribution is 8.34. The van der Waals surface area contributed by atoms with Crippen LogP contribution in [0.1, 0.15) is 49.1 Å². The van der Waals surface area contributed by atoms with Gasteiger partial charge in [-0.05, 0) is 61.8 Å². The summed E-state index contributed by atoms with van der Waals surface area (Å²) >= 11 is 0. The van der Waals surface area contributed by atoms with Crippen LogP contribution in [0.25, 0.3) is 11.8 Å². The van der Waals surface area contributed by atoms with E-state index >= 15 is 0 Å². The molecule has 1 aromatic heterocycles. The number of carbonyl (C=O) groups is 1. The van der Waals surface area contributed by atoms with Gasteiger partial charge in [-0.3, -0.25) is 14.4 Å². The molecule has 36 heavy (non-hydrogen) atoms. The summed E-state index contributed by atoms with van der Waals surface area (Å²) < 4.78 is 7.56. The zero-order chi connectivity index (χ0) is 26.7. The maximum atomic E-state index is 9.29. The van der Waals surface area contributed by atoms with Crippen LogP contribution in [0.2, 0.25) is 0 Å². The zero-order valence-electron chi connectivity index (χ0n) is 22.7. The van der Waals surface area contributed by atoms with Crippen molar-refractivity contribution in [1.82, 2.24) is 20.1 Å². The number of ether oxygens (including phenoxy) is 1. The number of aliphatic imine (C=N–C) groups is 1. The smallest absolute Gasteiger partial charge is 0.207 e. The largest absolute Gasteiger partial charge is 0.497 e. The summed E-state index contributed by atoms with van der Waals surface area (Å²) in [6.45, 7) is 9.05. The average Bonchev–Trinajstić information content (AvgIpc) is 3.16. The van der Waals surface area contributed by atoms with Crippen LogP contribution in [0, 0.1) is 6.92 Å². The van der Waals surface area contributed by atoms with Crippen LogP contribution in [-0.4, -0.2) is 59.3 Å². The maximum absolute atomic E-state index is 9.29. The molecule has 0 saturated heterocycles. The van der Waals surface area contributed by atoms with Crippen LogP contribution < -0.4 is 10.1 Å². The normalized spacial score (nSPS) is 12.5. The van der Waals surface area contributed by atoms with E-state index in [1.807, 2.05) is 39.8 Å². The van der Waals surface area contributed by atoms with Crippen LogP contribution in [0.3, 0.4) is 0 Å². The predicted octanol–water partition coefficient (Wildman–Crippen LogP) is 5.38. The van der Waals surface area contributed by atoms with Crippen LogP contribution >= 0.6 is 10.0 Å². The highest BCUT2D eigenvalue weighted by Crippen LogP contribution is 2.37. The van der Waals surface area contributed by atoms with Gasteiger partial charge in [0.15, 0.2) is 5.82 Å². The van der Waals surface area contributed by atoms with Crippen molar-refractivity contribution >= 4 is 28.2 Å². The van der Waals surface area contributed by atoms with Crippen molar-refractivity contribution in [1.29, 1.82) is 0 Å². The second-order valence-electron chi connectivity index (χ2n) is 8.58. The van der Waals surface area contributed by atoms with E-state index < -0.39 is 10.0 Å². The van der Waals surface area contributed by atoms with Gasteiger partial charge in [0.2, 0.25) is 6.41 Å². The minimum Gasteiger partial charge on any atom is -0.497 e. The summed E-state index contributed by atoms with van der Waals surface area (Å²) in [4.78, 5) is 14.2. The Morgan fingerprint density at radius 2 is 1.78 bits per heavy atom. The van der Waals surface area contributed by atoms with E-state index in [0.717, 1.165) is 46.5 Å². The second-order valence-corrected chi connectivity index (χ2v) is 12.7. The number of hydrogen-bond donors (Lipinski definition) is 1. The Kier molecular flexibility index (Phi) is 10.9. The lowest BCUT2D eigenvalue weighted by atomic mass is 9.99. The Morgan fingerprint density at radius 1 is 1.08 bits per heavy atom. The fourth-order valence-electron chi connectivity index (χ4n) is 3.45. The first-order valence-electron chi connectivity index (χ1n) is 12.1. The quantitative estimate of drug-likeness (QED) is 0.453. The SMILES string of the molecule is CC.CCNC=O.COc1ccc2c(c1)C(c1ccc(/C=C/S(C)(C)C)cc1)=NCc1nnc(C)n1-2. The van der Waals surface area contributed by atoms with Gasteiger partial charge in [0.25, 0.3) is 0 Å². The number of rotatable bonds is 6. The van der Waals surface area contributed by atoms with Crippen molar-refractivity contribution in [3.05, 3.63) is 76.2 Å². The Bertz CT molecular complexity index is 1190. The first kappa shape index (κ1) is 28.8. The number of aryl methyl sites for hydroxylation is 1. The third kappa shape index (κ3) is 7.55. The number of hydrogen-bond acceptors (Lipinski definition) is 5. The fourth-order valence-corrected chi connectivity index (χ4v) is 4.01. The van der Waals surface area contributed by atoms with E-state index in [1.165, 1.54) is 5.56 Å². The van der Waals surface area contributed by atoms with Crippen molar-refractivity contribution in [2.45, 2.75) is 34.2 Å². The van der Waals surface area contributed by atoms with E-state index in [-0.39, 0.29) is 0 Å². The molecule has 0 atom stereocenters. The second kappa shape index (κ2) is 13.6. The van der Waals surface area contributed by atoms with Crippen molar-refractivity contribution in [3.63, 3.8) is 0 Å². The molecule has 1 amide bonds. The molecular weight excluding hydrogens is 470 g/mol. The van der Waals surface area contributed by atoms with Gasteiger partial charge in [-0.1, -0.05) is 44.2 Å². The molecule has 1 aliphatic heterocycles. The molecule has 0 unspecified atom stereocenters. The van der Waals surface area contributed by atoms with Crippen molar-refractivity contribution < 1.29 is 9.53 Å². The number of carbonyl (C=O) groups excluding carboxylic acids is 1. The van der Waals surface area contributed by atoms with Crippen LogP contribution in [0.15, 0.2) is 52.9 Å². The van der Waals surface area contributed by atoms with Gasteiger partial charge < -0.3 is 10.1 Å². The Labute approximate surface area is 217 Å². The number of nitrogens with one attached hydrogen (secondary N) is 1. The molecule has 0 radical (unpaired) electrons. The van der Waals surface area contributed by atoms with Gasteiger partial charge in [0.05, 0.1) is 18.5 Å². The first-order valence-corrected chi connectivity index (χ1v) is 15.0. The maximum Gasteiger partial charge on any atom is 0.207 e. The lowest BCUT2D eigenvalue weighted by molar-refractivity contribution is -0.109. The molecule has 7 nitrogen and oxygen atoms in total. The summed E-state index contributed by atoms with van der Waals surface area (Å²) in [5, 5.41) is 13.3. The molecule has 1 aliphatic rings. The van der Waals surface area contributed by atoms with E-state index in [2.05, 4.69) is 80.7 Å². The van der Waals surface area contributed by atoms with Gasteiger partial charge >= 0.3 is 0 Å². The predicted molar refractivity (Wildman–Crippen MR) is 154 cm³/mol. The minimum absolute atomic E-state index is 0.488. The highest BCUT2D eigenvalue weighted by atomic mass is 32.3. The average molecular weight is 510 g/mol. The third-order valence-corrected chi connectivity index (χ3v) is 6.06. The summed E-state index contributed by atoms with van der Waals surface area (Å²) in [6.07, 6.45) is 9.73. The van der Waals surface area contributed by atoms with E-state index in [1.54, 1.807) is 7.11 Å². The van der Waals surface area contributed by atoms with E-state index in [9.17, 15) is 4.79 Å². The molecule has 0 fully saturated rings. The Morgan fingerprint density at radius 3 is 2.33 bits per heavy atom. The van der Waals surface area contributed by atoms with Crippen LogP contribution in [0.5, 0.6) is 5.75 Å². The standard InChI is InChI=1S/C23H26N4OS.C3H7NO.C2H6/c1-16-25-26-22-15-24-23(20-14-19(28-2)10-11-21(20)27(16)22)18-8-6-17(7-9-18)12-13-29(3,4)5;1-2-4-3-5;1-2/h6-14H,15H2,1-5H3;3H,2H2,1H3,(H,4,5);1-2H3/b13-12+;;. The summed E-state index contributed by atoms with van der Waals surface area (Å²) in [5.74, 6) is 2.50. The van der Waals surface area contributed by atoms with Crippen molar-refractivity contribution in [3.8, 4) is 11.4 Å². The van der Waals surface area contributed by atoms with Gasteiger partial charge in [-0.2, -0.15) is 0 Å². The van der Waals surface area contributed by atoms with Gasteiger partial charge in [-0.25, -0.2) is 10.0 Å². The molecule has 0 aliphatic carbocycles. The molecule has 4 rings (SSSR count). The molecule has 8 heteroatoms. The van der Waals surface area contributed by atoms with Crippen LogP contribution in [-0.2, 0) is 11.3 Å². The lowest BCUT2D eigenvalue weighted by Gasteiger charge is -2.19. The fraction of sp³-hybridized carbons (Fsp3) is 0.357. The highest BCUT2D eigenvalue weighted by Gasteiger charge is 2.22. The molecule has 3 aromatic rings. The van der Waals surface area contributed by atoms with E-state index in [0.29, 0.717) is 13.0 Å². The topological polar surface area (TPSA) is 81.4 Å². The summed E-state index contributed by atoms with van der Waals surface area (Å²) in [5.41, 5.74) is 5.27.